The second-order valence-corrected chi connectivity index (χ2v) is 8.29. The smallest absolute Gasteiger partial charge is 0.414 e. The molecule has 0 saturated carbocycles. The Morgan fingerprint density at radius 3 is 2.07 bits per heavy atom. The Labute approximate surface area is 158 Å². The Morgan fingerprint density at radius 2 is 1.48 bits per heavy atom. The van der Waals surface area contributed by atoms with Crippen molar-refractivity contribution in [1.29, 1.82) is 0 Å². The predicted molar refractivity (Wildman–Crippen MR) is 104 cm³/mol. The van der Waals surface area contributed by atoms with Crippen LogP contribution >= 0.6 is 0 Å². The molecule has 0 atom stereocenters. The van der Waals surface area contributed by atoms with E-state index in [9.17, 15) is 13.2 Å². The molecule has 2 aromatic carbocycles. The van der Waals surface area contributed by atoms with Crippen LogP contribution in [0.1, 0.15) is 12.8 Å². The first-order valence-electron chi connectivity index (χ1n) is 8.95. The highest BCUT2D eigenvalue weighted by molar-refractivity contribution is 7.92. The Hall–Kier alpha value is -2.74. The summed E-state index contributed by atoms with van der Waals surface area (Å²) < 4.78 is 32.7. The number of rotatable bonds is 5. The molecule has 2 aliphatic rings. The SMILES string of the molecule is O=C1OCCN1c1ccc(S(=O)(=O)Nc2ccc(N3CCCC3)cc2)cc1. The highest BCUT2D eigenvalue weighted by atomic mass is 32.2. The van der Waals surface area contributed by atoms with E-state index < -0.39 is 16.1 Å². The lowest BCUT2D eigenvalue weighted by Gasteiger charge is -2.18. The summed E-state index contributed by atoms with van der Waals surface area (Å²) in [7, 11) is -3.70. The Bertz CT molecular complexity index is 920. The molecule has 2 saturated heterocycles. The van der Waals surface area contributed by atoms with Crippen molar-refractivity contribution in [1.82, 2.24) is 0 Å². The zero-order chi connectivity index (χ0) is 18.9. The largest absolute Gasteiger partial charge is 0.447 e. The van der Waals surface area contributed by atoms with Gasteiger partial charge in [-0.15, -0.1) is 0 Å². The molecule has 7 nitrogen and oxygen atoms in total. The van der Waals surface area contributed by atoms with Crippen LogP contribution in [0.15, 0.2) is 53.4 Å². The number of ether oxygens (including phenoxy) is 1. The van der Waals surface area contributed by atoms with Crippen molar-refractivity contribution < 1.29 is 17.9 Å². The molecule has 0 aliphatic carbocycles. The molecule has 0 bridgehead atoms. The van der Waals surface area contributed by atoms with Crippen molar-refractivity contribution in [3.63, 3.8) is 0 Å². The summed E-state index contributed by atoms with van der Waals surface area (Å²) in [5.41, 5.74) is 2.24. The molecule has 8 heteroatoms. The van der Waals surface area contributed by atoms with Gasteiger partial charge in [0.05, 0.1) is 11.4 Å². The molecule has 4 rings (SSSR count). The summed E-state index contributed by atoms with van der Waals surface area (Å²) >= 11 is 0. The van der Waals surface area contributed by atoms with Gasteiger partial charge in [0.25, 0.3) is 10.0 Å². The van der Waals surface area contributed by atoms with Crippen molar-refractivity contribution in [2.24, 2.45) is 0 Å². The van der Waals surface area contributed by atoms with Gasteiger partial charge in [-0.1, -0.05) is 0 Å². The number of nitrogens with one attached hydrogen (secondary N) is 1. The second-order valence-electron chi connectivity index (χ2n) is 6.61. The van der Waals surface area contributed by atoms with Gasteiger partial charge in [-0.05, 0) is 61.4 Å². The van der Waals surface area contributed by atoms with Gasteiger partial charge < -0.3 is 9.64 Å². The average Bonchev–Trinajstić information content (AvgIpc) is 3.34. The molecule has 142 valence electrons. The molecule has 0 unspecified atom stereocenters. The zero-order valence-electron chi connectivity index (χ0n) is 14.8. The van der Waals surface area contributed by atoms with E-state index in [1.165, 1.54) is 29.9 Å². The molecule has 2 aromatic rings. The number of sulfonamides is 1. The predicted octanol–water partition coefficient (Wildman–Crippen LogP) is 3.04. The number of nitrogens with zero attached hydrogens (tertiary/aromatic N) is 2. The third kappa shape index (κ3) is 3.71. The van der Waals surface area contributed by atoms with Gasteiger partial charge in [0.1, 0.15) is 6.61 Å². The Morgan fingerprint density at radius 1 is 0.852 bits per heavy atom. The minimum Gasteiger partial charge on any atom is -0.447 e. The maximum atomic E-state index is 12.6. The number of benzene rings is 2. The summed E-state index contributed by atoms with van der Waals surface area (Å²) in [6.07, 6.45) is 1.97. The summed E-state index contributed by atoms with van der Waals surface area (Å²) in [6.45, 7) is 2.89. The molecule has 1 N–H and O–H groups in total. The van der Waals surface area contributed by atoms with Crippen LogP contribution in [0.5, 0.6) is 0 Å². The van der Waals surface area contributed by atoms with Crippen molar-refractivity contribution in [2.75, 3.05) is 40.8 Å². The van der Waals surface area contributed by atoms with Gasteiger partial charge in [0, 0.05) is 30.2 Å². The third-order valence-electron chi connectivity index (χ3n) is 4.81. The van der Waals surface area contributed by atoms with Gasteiger partial charge in [0.2, 0.25) is 0 Å². The quantitative estimate of drug-likeness (QED) is 0.853. The second kappa shape index (κ2) is 7.11. The summed E-state index contributed by atoms with van der Waals surface area (Å²) in [5.74, 6) is 0. The van der Waals surface area contributed by atoms with E-state index in [1.54, 1.807) is 24.3 Å². The van der Waals surface area contributed by atoms with E-state index in [2.05, 4.69) is 9.62 Å². The molecule has 2 aliphatic heterocycles. The monoisotopic (exact) mass is 387 g/mol. The lowest BCUT2D eigenvalue weighted by molar-refractivity contribution is 0.181. The molecule has 2 heterocycles. The molecule has 0 radical (unpaired) electrons. The van der Waals surface area contributed by atoms with Gasteiger partial charge >= 0.3 is 6.09 Å². The molecule has 0 spiro atoms. The minimum absolute atomic E-state index is 0.141. The topological polar surface area (TPSA) is 78.9 Å². The summed E-state index contributed by atoms with van der Waals surface area (Å²) in [5, 5.41) is 0. The highest BCUT2D eigenvalue weighted by Gasteiger charge is 2.24. The van der Waals surface area contributed by atoms with Crippen LogP contribution in [-0.4, -0.2) is 40.8 Å². The van der Waals surface area contributed by atoms with Crippen LogP contribution in [0.2, 0.25) is 0 Å². The van der Waals surface area contributed by atoms with Gasteiger partial charge in [-0.3, -0.25) is 9.62 Å². The first-order valence-corrected chi connectivity index (χ1v) is 10.4. The van der Waals surface area contributed by atoms with Gasteiger partial charge in [-0.25, -0.2) is 13.2 Å². The molecule has 2 fully saturated rings. The van der Waals surface area contributed by atoms with Crippen LogP contribution in [0, 0.1) is 0 Å². The molecule has 27 heavy (non-hydrogen) atoms. The lowest BCUT2D eigenvalue weighted by atomic mass is 10.2. The Balaban J connectivity index is 1.47. The van der Waals surface area contributed by atoms with Crippen LogP contribution < -0.4 is 14.5 Å². The van der Waals surface area contributed by atoms with E-state index in [0.717, 1.165) is 18.8 Å². The number of cyclic esters (lactones) is 1. The number of carbonyl (C=O) groups excluding carboxylic acids is 1. The lowest BCUT2D eigenvalue weighted by Crippen LogP contribution is -2.23. The zero-order valence-corrected chi connectivity index (χ0v) is 15.6. The first kappa shape index (κ1) is 17.7. The maximum Gasteiger partial charge on any atom is 0.414 e. The van der Waals surface area contributed by atoms with E-state index >= 15 is 0 Å². The van der Waals surface area contributed by atoms with Crippen LogP contribution in [0.3, 0.4) is 0 Å². The van der Waals surface area contributed by atoms with Crippen molar-refractivity contribution in [3.8, 4) is 0 Å². The number of amides is 1. The minimum atomic E-state index is -3.70. The fourth-order valence-electron chi connectivity index (χ4n) is 3.36. The van der Waals surface area contributed by atoms with Gasteiger partial charge in [-0.2, -0.15) is 0 Å². The van der Waals surface area contributed by atoms with Crippen LogP contribution in [0.25, 0.3) is 0 Å². The number of anilines is 3. The molecule has 1 amide bonds. The normalized spacial score (nSPS) is 17.3. The third-order valence-corrected chi connectivity index (χ3v) is 6.21. The Kier molecular flexibility index (Phi) is 4.65. The van der Waals surface area contributed by atoms with Crippen LogP contribution in [0.4, 0.5) is 21.9 Å². The summed E-state index contributed by atoms with van der Waals surface area (Å²) in [4.78, 5) is 15.5. The fraction of sp³-hybridized carbons (Fsp3) is 0.316. The average molecular weight is 387 g/mol. The summed E-state index contributed by atoms with van der Waals surface area (Å²) in [6, 6.07) is 13.6. The number of hydrogen-bond acceptors (Lipinski definition) is 5. The van der Waals surface area contributed by atoms with E-state index in [-0.39, 0.29) is 4.90 Å². The van der Waals surface area contributed by atoms with Gasteiger partial charge in [0.15, 0.2) is 0 Å². The van der Waals surface area contributed by atoms with E-state index in [0.29, 0.717) is 24.5 Å². The van der Waals surface area contributed by atoms with Crippen molar-refractivity contribution in [2.45, 2.75) is 17.7 Å². The van der Waals surface area contributed by atoms with E-state index in [1.807, 2.05) is 12.1 Å². The molecular weight excluding hydrogens is 366 g/mol. The number of carbonyl (C=O) groups is 1. The molecular formula is C19H21N3O4S. The highest BCUT2D eigenvalue weighted by Crippen LogP contribution is 2.25. The van der Waals surface area contributed by atoms with Crippen LogP contribution in [-0.2, 0) is 14.8 Å². The molecule has 0 aromatic heterocycles. The maximum absolute atomic E-state index is 12.6. The number of hydrogen-bond donors (Lipinski definition) is 1. The van der Waals surface area contributed by atoms with E-state index in [4.69, 9.17) is 4.74 Å². The van der Waals surface area contributed by atoms with Crippen molar-refractivity contribution in [3.05, 3.63) is 48.5 Å². The fourth-order valence-corrected chi connectivity index (χ4v) is 4.42. The first-order chi connectivity index (χ1) is 13.0. The van der Waals surface area contributed by atoms with Crippen molar-refractivity contribution >= 4 is 33.2 Å². The standard InChI is InChI=1S/C19H21N3O4S/c23-19-22(13-14-26-19)17-7-9-18(10-8-17)27(24,25)20-15-3-5-16(6-4-15)21-11-1-2-12-21/h3-10,20H,1-2,11-14H2.